The summed E-state index contributed by atoms with van der Waals surface area (Å²) in [6.45, 7) is 6.30. The zero-order valence-corrected chi connectivity index (χ0v) is 19.7. The predicted octanol–water partition coefficient (Wildman–Crippen LogP) is 4.76. The van der Waals surface area contributed by atoms with Crippen LogP contribution in [0.15, 0.2) is 35.9 Å². The quantitative estimate of drug-likeness (QED) is 0.0980. The van der Waals surface area contributed by atoms with E-state index in [4.69, 9.17) is 14.6 Å². The Kier molecular flexibility index (Phi) is 7.96. The smallest absolute Gasteiger partial charge is 0.336 e. The maximum atomic E-state index is 12.4. The summed E-state index contributed by atoms with van der Waals surface area (Å²) in [7, 11) is 0. The number of esters is 1. The molecule has 0 amide bonds. The molecule has 1 aliphatic heterocycles. The van der Waals surface area contributed by atoms with Crippen LogP contribution in [0.1, 0.15) is 69.9 Å². The van der Waals surface area contributed by atoms with E-state index in [9.17, 15) is 19.7 Å². The minimum absolute atomic E-state index is 0.0587. The molecule has 0 saturated carbocycles. The first-order valence-electron chi connectivity index (χ1n) is 11.5. The summed E-state index contributed by atoms with van der Waals surface area (Å²) in [6, 6.07) is 3.81. The number of hydrogen-bond acceptors (Lipinski definition) is 7. The summed E-state index contributed by atoms with van der Waals surface area (Å²) in [4.78, 5) is 37.8. The van der Waals surface area contributed by atoms with Gasteiger partial charge in [0.1, 0.15) is 17.1 Å². The number of carboxylic acids is 1. The maximum Gasteiger partial charge on any atom is 0.336 e. The number of allylic oxidation sites excluding steroid dienone is 2. The Bertz CT molecular complexity index is 1010. The van der Waals surface area contributed by atoms with Crippen LogP contribution >= 0.6 is 0 Å². The Morgan fingerprint density at radius 1 is 1.26 bits per heavy atom. The van der Waals surface area contributed by atoms with E-state index in [1.165, 1.54) is 5.57 Å². The first-order valence-corrected chi connectivity index (χ1v) is 11.5. The lowest BCUT2D eigenvalue weighted by Gasteiger charge is -2.47. The van der Waals surface area contributed by atoms with Crippen molar-refractivity contribution in [2.45, 2.75) is 70.8 Å². The summed E-state index contributed by atoms with van der Waals surface area (Å²) in [5.74, 6) is -0.592. The number of ether oxygens (including phenoxy) is 2. The second kappa shape index (κ2) is 10.7. The molecule has 2 aliphatic rings. The highest BCUT2D eigenvalue weighted by Gasteiger charge is 2.46. The lowest BCUT2D eigenvalue weighted by atomic mass is 9.67. The number of carboxylic acid groups (broad SMARTS) is 1. The van der Waals surface area contributed by atoms with Crippen molar-refractivity contribution in [3.63, 3.8) is 0 Å². The van der Waals surface area contributed by atoms with Crippen molar-refractivity contribution in [2.24, 2.45) is 5.92 Å². The van der Waals surface area contributed by atoms with Crippen LogP contribution in [0.3, 0.4) is 0 Å². The topological polar surface area (TPSA) is 125 Å². The first kappa shape index (κ1) is 25.3. The SMILES string of the molecule is CC1=CC[C@@H]2[C@@H](C1)c1c(OC(=O)/C=C/C(=O)O)cc(CCCCCO[N+](=O)[O-])cc1OC2(C)C. The molecule has 1 heterocycles. The molecule has 9 heteroatoms. The van der Waals surface area contributed by atoms with Crippen molar-refractivity contribution in [2.75, 3.05) is 6.61 Å². The molecular formula is C25H31NO8. The minimum atomic E-state index is -1.23. The van der Waals surface area contributed by atoms with E-state index < -0.39 is 22.6 Å². The van der Waals surface area contributed by atoms with E-state index in [0.29, 0.717) is 24.3 Å². The van der Waals surface area contributed by atoms with E-state index in [2.05, 4.69) is 31.7 Å². The minimum Gasteiger partial charge on any atom is -0.487 e. The van der Waals surface area contributed by atoms with Gasteiger partial charge in [-0.05, 0) is 70.6 Å². The first-order chi connectivity index (χ1) is 16.1. The molecule has 1 aromatic carbocycles. The fraction of sp³-hybridized carbons (Fsp3) is 0.520. The molecule has 1 N–H and O–H groups in total. The van der Waals surface area contributed by atoms with Gasteiger partial charge in [0.05, 0.1) is 6.61 Å². The molecule has 1 aliphatic carbocycles. The fourth-order valence-electron chi connectivity index (χ4n) is 4.86. The van der Waals surface area contributed by atoms with Gasteiger partial charge in [-0.25, -0.2) is 9.59 Å². The highest BCUT2D eigenvalue weighted by Crippen LogP contribution is 2.54. The third kappa shape index (κ3) is 6.36. The van der Waals surface area contributed by atoms with Gasteiger partial charge in [-0.2, -0.15) is 0 Å². The Morgan fingerprint density at radius 2 is 2.03 bits per heavy atom. The monoisotopic (exact) mass is 473 g/mol. The number of carbonyl (C=O) groups excluding carboxylic acids is 1. The summed E-state index contributed by atoms with van der Waals surface area (Å²) >= 11 is 0. The Balaban J connectivity index is 1.88. The van der Waals surface area contributed by atoms with Crippen LogP contribution in [0.2, 0.25) is 0 Å². The third-order valence-electron chi connectivity index (χ3n) is 6.43. The van der Waals surface area contributed by atoms with Crippen molar-refractivity contribution in [3.8, 4) is 11.5 Å². The van der Waals surface area contributed by atoms with Crippen molar-refractivity contribution < 1.29 is 34.1 Å². The van der Waals surface area contributed by atoms with Crippen LogP contribution in [-0.2, 0) is 20.8 Å². The van der Waals surface area contributed by atoms with Crippen LogP contribution in [0.25, 0.3) is 0 Å². The van der Waals surface area contributed by atoms with Gasteiger partial charge < -0.3 is 19.4 Å². The molecule has 0 spiro atoms. The molecule has 0 aromatic heterocycles. The van der Waals surface area contributed by atoms with Crippen molar-refractivity contribution >= 4 is 11.9 Å². The normalized spacial score (nSPS) is 20.5. The van der Waals surface area contributed by atoms with Crippen molar-refractivity contribution in [1.29, 1.82) is 0 Å². The summed E-state index contributed by atoms with van der Waals surface area (Å²) in [5, 5.41) is 18.3. The molecule has 184 valence electrons. The summed E-state index contributed by atoms with van der Waals surface area (Å²) in [6.07, 6.45) is 8.31. The highest BCUT2D eigenvalue weighted by atomic mass is 16.9. The molecular weight excluding hydrogens is 442 g/mol. The van der Waals surface area contributed by atoms with Gasteiger partial charge in [0.15, 0.2) is 0 Å². The number of rotatable bonds is 10. The number of nitrogens with zero attached hydrogens (tertiary/aromatic N) is 1. The van der Waals surface area contributed by atoms with E-state index >= 15 is 0 Å². The lowest BCUT2D eigenvalue weighted by molar-refractivity contribution is -0.757. The van der Waals surface area contributed by atoms with Gasteiger partial charge in [-0.1, -0.05) is 18.1 Å². The maximum absolute atomic E-state index is 12.4. The van der Waals surface area contributed by atoms with Crippen LogP contribution in [-0.4, -0.2) is 34.3 Å². The Labute approximate surface area is 198 Å². The van der Waals surface area contributed by atoms with E-state index in [-0.39, 0.29) is 18.4 Å². The van der Waals surface area contributed by atoms with Gasteiger partial charge in [0, 0.05) is 29.6 Å². The van der Waals surface area contributed by atoms with Crippen LogP contribution in [0.5, 0.6) is 11.5 Å². The van der Waals surface area contributed by atoms with Gasteiger partial charge >= 0.3 is 11.9 Å². The molecule has 0 bridgehead atoms. The standard InChI is InChI=1S/C25H31NO8/c1-16-8-9-19-18(13-16)24-20(33-23(29)11-10-22(27)28)14-17(15-21(24)34-25(19,2)3)7-5-4-6-12-32-26(30)31/h8,10-11,14-15,18-19H,4-7,9,12-13H2,1-3H3,(H,27,28)/b11-10+/t18-,19-/m1/s1. The number of benzene rings is 1. The second-order valence-corrected chi connectivity index (χ2v) is 9.37. The summed E-state index contributed by atoms with van der Waals surface area (Å²) < 4.78 is 12.1. The largest absolute Gasteiger partial charge is 0.487 e. The van der Waals surface area contributed by atoms with Gasteiger partial charge in [-0.3, -0.25) is 0 Å². The fourth-order valence-corrected chi connectivity index (χ4v) is 4.86. The number of aryl methyl sites for hydroxylation is 1. The number of hydrogen-bond donors (Lipinski definition) is 1. The molecule has 2 atom stereocenters. The van der Waals surface area contributed by atoms with E-state index in [0.717, 1.165) is 49.0 Å². The predicted molar refractivity (Wildman–Crippen MR) is 123 cm³/mol. The lowest BCUT2D eigenvalue weighted by Crippen LogP contribution is -2.45. The third-order valence-corrected chi connectivity index (χ3v) is 6.43. The Hall–Kier alpha value is -3.36. The summed E-state index contributed by atoms with van der Waals surface area (Å²) in [5.41, 5.74) is 2.62. The average Bonchev–Trinajstić information content (AvgIpc) is 2.73. The number of aliphatic carboxylic acids is 1. The van der Waals surface area contributed by atoms with Crippen molar-refractivity contribution in [3.05, 3.63) is 57.2 Å². The van der Waals surface area contributed by atoms with Crippen LogP contribution in [0, 0.1) is 16.0 Å². The average molecular weight is 474 g/mol. The number of unbranched alkanes of at least 4 members (excludes halogenated alkanes) is 2. The van der Waals surface area contributed by atoms with Gasteiger partial charge in [0.2, 0.25) is 0 Å². The van der Waals surface area contributed by atoms with Crippen LogP contribution < -0.4 is 9.47 Å². The van der Waals surface area contributed by atoms with E-state index in [1.54, 1.807) is 0 Å². The molecule has 0 fully saturated rings. The van der Waals surface area contributed by atoms with Gasteiger partial charge in [-0.15, -0.1) is 10.1 Å². The molecule has 3 rings (SSSR count). The van der Waals surface area contributed by atoms with E-state index in [1.807, 2.05) is 12.1 Å². The second-order valence-electron chi connectivity index (χ2n) is 9.37. The zero-order chi connectivity index (χ0) is 24.9. The zero-order valence-electron chi connectivity index (χ0n) is 19.7. The number of carbonyl (C=O) groups is 2. The molecule has 9 nitrogen and oxygen atoms in total. The highest BCUT2D eigenvalue weighted by molar-refractivity contribution is 5.92. The van der Waals surface area contributed by atoms with Crippen molar-refractivity contribution in [1.82, 2.24) is 0 Å². The molecule has 34 heavy (non-hydrogen) atoms. The molecule has 1 aromatic rings. The molecule has 0 saturated heterocycles. The molecule has 0 unspecified atom stereocenters. The number of fused-ring (bicyclic) bond motifs is 3. The van der Waals surface area contributed by atoms with Crippen LogP contribution in [0.4, 0.5) is 0 Å². The van der Waals surface area contributed by atoms with Gasteiger partial charge in [0.25, 0.3) is 5.09 Å². The molecule has 0 radical (unpaired) electrons. The Morgan fingerprint density at radius 3 is 2.74 bits per heavy atom.